The Morgan fingerprint density at radius 3 is 2.73 bits per heavy atom. The zero-order valence-corrected chi connectivity index (χ0v) is 12.4. The minimum Gasteiger partial charge on any atom is -0.491 e. The minimum atomic E-state index is -0.761. The van der Waals surface area contributed by atoms with Gasteiger partial charge in [0.2, 0.25) is 5.91 Å². The van der Waals surface area contributed by atoms with Gasteiger partial charge in [0.25, 0.3) is 0 Å². The highest BCUT2D eigenvalue weighted by Gasteiger charge is 2.31. The molecule has 1 aliphatic rings. The van der Waals surface area contributed by atoms with Gasteiger partial charge in [-0.3, -0.25) is 4.79 Å². The number of carbonyl (C=O) groups excluding carboxylic acids is 1. The molecule has 0 aromatic heterocycles. The summed E-state index contributed by atoms with van der Waals surface area (Å²) in [7, 11) is 0. The Kier molecular flexibility index (Phi) is 5.71. The van der Waals surface area contributed by atoms with Crippen molar-refractivity contribution in [1.82, 2.24) is 5.32 Å². The molecule has 1 aromatic rings. The highest BCUT2D eigenvalue weighted by atomic mass is 19.1. The molecule has 0 bridgehead atoms. The lowest BCUT2D eigenvalue weighted by Crippen LogP contribution is -2.40. The van der Waals surface area contributed by atoms with Crippen LogP contribution in [0.15, 0.2) is 18.2 Å². The summed E-state index contributed by atoms with van der Waals surface area (Å²) in [5.74, 6) is -1.60. The van der Waals surface area contributed by atoms with E-state index in [-0.39, 0.29) is 31.2 Å². The van der Waals surface area contributed by atoms with Gasteiger partial charge in [-0.15, -0.1) is 0 Å². The van der Waals surface area contributed by atoms with Gasteiger partial charge < -0.3 is 15.2 Å². The summed E-state index contributed by atoms with van der Waals surface area (Å²) in [4.78, 5) is 11.7. The predicted octanol–water partition coefficient (Wildman–Crippen LogP) is 2.55. The normalized spacial score (nSPS) is 16.5. The average molecular weight is 313 g/mol. The first kappa shape index (κ1) is 16.7. The van der Waals surface area contributed by atoms with Crippen LogP contribution in [0, 0.1) is 11.6 Å². The lowest BCUT2D eigenvalue weighted by molar-refractivity contribution is -0.122. The number of rotatable bonds is 7. The Labute approximate surface area is 128 Å². The van der Waals surface area contributed by atoms with Crippen molar-refractivity contribution < 1.29 is 23.4 Å². The van der Waals surface area contributed by atoms with Crippen molar-refractivity contribution in [2.75, 3.05) is 13.2 Å². The van der Waals surface area contributed by atoms with Crippen molar-refractivity contribution in [2.45, 2.75) is 44.1 Å². The lowest BCUT2D eigenvalue weighted by Gasteiger charge is -2.22. The molecule has 4 nitrogen and oxygen atoms in total. The lowest BCUT2D eigenvalue weighted by atomic mass is 10.0. The number of hydrogen-bond donors (Lipinski definition) is 2. The van der Waals surface area contributed by atoms with Gasteiger partial charge in [0, 0.05) is 19.0 Å². The SMILES string of the molecule is O=C(CCCOc1ccc(F)cc1F)NCC1(O)CCCC1. The summed E-state index contributed by atoms with van der Waals surface area (Å²) in [5.41, 5.74) is -0.761. The molecule has 0 saturated heterocycles. The quantitative estimate of drug-likeness (QED) is 0.761. The fourth-order valence-electron chi connectivity index (χ4n) is 2.57. The van der Waals surface area contributed by atoms with Crippen LogP contribution in [0.25, 0.3) is 0 Å². The Balaban J connectivity index is 1.62. The van der Waals surface area contributed by atoms with Gasteiger partial charge in [-0.05, 0) is 31.4 Å². The molecule has 0 atom stereocenters. The van der Waals surface area contributed by atoms with Gasteiger partial charge in [0.05, 0.1) is 12.2 Å². The van der Waals surface area contributed by atoms with E-state index in [0.717, 1.165) is 37.8 Å². The van der Waals surface area contributed by atoms with E-state index in [2.05, 4.69) is 5.32 Å². The van der Waals surface area contributed by atoms with Gasteiger partial charge in [0.15, 0.2) is 11.6 Å². The zero-order valence-electron chi connectivity index (χ0n) is 12.4. The third kappa shape index (κ3) is 4.94. The number of benzene rings is 1. The molecule has 2 N–H and O–H groups in total. The van der Waals surface area contributed by atoms with Crippen LogP contribution in [-0.4, -0.2) is 29.8 Å². The van der Waals surface area contributed by atoms with Crippen molar-refractivity contribution in [3.8, 4) is 5.75 Å². The van der Waals surface area contributed by atoms with E-state index in [1.54, 1.807) is 0 Å². The second kappa shape index (κ2) is 7.54. The number of amides is 1. The first-order valence-corrected chi connectivity index (χ1v) is 7.55. The number of aliphatic hydroxyl groups is 1. The summed E-state index contributed by atoms with van der Waals surface area (Å²) < 4.78 is 31.2. The smallest absolute Gasteiger partial charge is 0.220 e. The van der Waals surface area contributed by atoms with Crippen molar-refractivity contribution in [2.24, 2.45) is 0 Å². The molecule has 6 heteroatoms. The molecule has 1 aliphatic carbocycles. The van der Waals surface area contributed by atoms with Crippen molar-refractivity contribution in [3.63, 3.8) is 0 Å². The van der Waals surface area contributed by atoms with Gasteiger partial charge in [-0.1, -0.05) is 12.8 Å². The number of hydrogen-bond acceptors (Lipinski definition) is 3. The van der Waals surface area contributed by atoms with Crippen LogP contribution < -0.4 is 10.1 Å². The molecule has 0 aliphatic heterocycles. The maximum Gasteiger partial charge on any atom is 0.220 e. The Morgan fingerprint density at radius 2 is 2.05 bits per heavy atom. The largest absolute Gasteiger partial charge is 0.491 e. The Hall–Kier alpha value is -1.69. The summed E-state index contributed by atoms with van der Waals surface area (Å²) in [6.45, 7) is 0.444. The van der Waals surface area contributed by atoms with E-state index in [0.29, 0.717) is 6.42 Å². The predicted molar refractivity (Wildman–Crippen MR) is 77.5 cm³/mol. The molecular formula is C16H21F2NO3. The summed E-state index contributed by atoms with van der Waals surface area (Å²) >= 11 is 0. The first-order chi connectivity index (χ1) is 10.5. The molecule has 2 rings (SSSR count). The monoisotopic (exact) mass is 313 g/mol. The zero-order chi connectivity index (χ0) is 16.0. The Bertz CT molecular complexity index is 516. The topological polar surface area (TPSA) is 58.6 Å². The molecule has 22 heavy (non-hydrogen) atoms. The van der Waals surface area contributed by atoms with Crippen LogP contribution in [0.1, 0.15) is 38.5 Å². The molecule has 0 spiro atoms. The van der Waals surface area contributed by atoms with Crippen LogP contribution in [-0.2, 0) is 4.79 Å². The number of nitrogens with one attached hydrogen (secondary N) is 1. The molecule has 122 valence electrons. The molecule has 0 unspecified atom stereocenters. The van der Waals surface area contributed by atoms with Crippen molar-refractivity contribution in [3.05, 3.63) is 29.8 Å². The third-order valence-corrected chi connectivity index (χ3v) is 3.85. The van der Waals surface area contributed by atoms with E-state index >= 15 is 0 Å². The van der Waals surface area contributed by atoms with Gasteiger partial charge in [-0.25, -0.2) is 8.78 Å². The van der Waals surface area contributed by atoms with E-state index in [1.807, 2.05) is 0 Å². The van der Waals surface area contributed by atoms with Crippen LogP contribution >= 0.6 is 0 Å². The summed E-state index contributed by atoms with van der Waals surface area (Å²) in [5, 5.41) is 12.8. The average Bonchev–Trinajstić information content (AvgIpc) is 2.91. The molecule has 1 aromatic carbocycles. The van der Waals surface area contributed by atoms with E-state index in [9.17, 15) is 18.7 Å². The van der Waals surface area contributed by atoms with E-state index < -0.39 is 17.2 Å². The maximum absolute atomic E-state index is 13.3. The fourth-order valence-corrected chi connectivity index (χ4v) is 2.57. The highest BCUT2D eigenvalue weighted by Crippen LogP contribution is 2.28. The number of carbonyl (C=O) groups is 1. The molecule has 1 fully saturated rings. The van der Waals surface area contributed by atoms with Crippen molar-refractivity contribution in [1.29, 1.82) is 0 Å². The van der Waals surface area contributed by atoms with Gasteiger partial charge in [-0.2, -0.15) is 0 Å². The van der Waals surface area contributed by atoms with Crippen molar-refractivity contribution >= 4 is 5.91 Å². The van der Waals surface area contributed by atoms with Crippen LogP contribution in [0.4, 0.5) is 8.78 Å². The molecule has 1 saturated carbocycles. The van der Waals surface area contributed by atoms with Gasteiger partial charge >= 0.3 is 0 Å². The molecule has 0 heterocycles. The van der Waals surface area contributed by atoms with Crippen LogP contribution in [0.5, 0.6) is 5.75 Å². The van der Waals surface area contributed by atoms with Gasteiger partial charge in [0.1, 0.15) is 5.82 Å². The van der Waals surface area contributed by atoms with E-state index in [4.69, 9.17) is 4.74 Å². The first-order valence-electron chi connectivity index (χ1n) is 7.55. The van der Waals surface area contributed by atoms with Crippen LogP contribution in [0.2, 0.25) is 0 Å². The van der Waals surface area contributed by atoms with E-state index in [1.165, 1.54) is 6.07 Å². The molecular weight excluding hydrogens is 292 g/mol. The molecule has 1 amide bonds. The summed E-state index contributed by atoms with van der Waals surface area (Å²) in [6.07, 6.45) is 4.08. The maximum atomic E-state index is 13.3. The summed E-state index contributed by atoms with van der Waals surface area (Å²) in [6, 6.07) is 3.10. The second-order valence-corrected chi connectivity index (χ2v) is 5.73. The standard InChI is InChI=1S/C16H21F2NO3/c17-12-5-6-14(13(18)10-12)22-9-3-4-15(20)19-11-16(21)7-1-2-8-16/h5-6,10,21H,1-4,7-9,11H2,(H,19,20). The minimum absolute atomic E-state index is 0.0259. The third-order valence-electron chi connectivity index (χ3n) is 3.85. The highest BCUT2D eigenvalue weighted by molar-refractivity contribution is 5.75. The Morgan fingerprint density at radius 1 is 1.32 bits per heavy atom. The molecule has 0 radical (unpaired) electrons. The second-order valence-electron chi connectivity index (χ2n) is 5.73. The number of ether oxygens (including phenoxy) is 1. The van der Waals surface area contributed by atoms with Crippen LogP contribution in [0.3, 0.4) is 0 Å². The number of halogens is 2. The fraction of sp³-hybridized carbons (Fsp3) is 0.562.